The van der Waals surface area contributed by atoms with Crippen LogP contribution in [0.4, 0.5) is 22.7 Å². The Morgan fingerprint density at radius 2 is 1.30 bits per heavy atom. The van der Waals surface area contributed by atoms with E-state index in [1.165, 1.54) is 39.6 Å². The molecule has 30 heavy (non-hydrogen) atoms. The fourth-order valence-corrected chi connectivity index (χ4v) is 4.63. The van der Waals surface area contributed by atoms with E-state index in [2.05, 4.69) is 132 Å². The molecule has 3 heteroatoms. The number of fused-ring (bicyclic) bond motifs is 1. The third-order valence-electron chi connectivity index (χ3n) is 6.08. The first-order valence-electron chi connectivity index (χ1n) is 10.4. The molecule has 0 aliphatic carbocycles. The molecule has 0 saturated heterocycles. The molecule has 1 atom stereocenters. The Kier molecular flexibility index (Phi) is 4.51. The molecule has 0 N–H and O–H groups in total. The van der Waals surface area contributed by atoms with Gasteiger partial charge in [0.1, 0.15) is 13.2 Å². The van der Waals surface area contributed by atoms with E-state index < -0.39 is 0 Å². The fourth-order valence-electron chi connectivity index (χ4n) is 4.63. The number of anilines is 4. The number of hydrogen-bond acceptors (Lipinski definition) is 2. The lowest BCUT2D eigenvalue weighted by molar-refractivity contribution is -0.660. The Labute approximate surface area is 178 Å². The van der Waals surface area contributed by atoms with Crippen molar-refractivity contribution in [3.8, 4) is 11.3 Å². The average molecular weight is 393 g/mol. The maximum Gasteiger partial charge on any atom is 0.212 e. The summed E-state index contributed by atoms with van der Waals surface area (Å²) in [7, 11) is 2.10. The second-order valence-corrected chi connectivity index (χ2v) is 7.84. The maximum atomic E-state index is 2.46. The van der Waals surface area contributed by atoms with Crippen LogP contribution < -0.4 is 14.4 Å². The molecule has 3 nitrogen and oxygen atoms in total. The van der Waals surface area contributed by atoms with Gasteiger partial charge in [-0.2, -0.15) is 0 Å². The second kappa shape index (κ2) is 7.34. The SMILES string of the molecule is Cc1c(-c2cccc[n+]2C)cccc1N1c2ccccc2N(c2ccccc2)[C@@H]1C. The molecule has 0 radical (unpaired) electrons. The van der Waals surface area contributed by atoms with Gasteiger partial charge >= 0.3 is 0 Å². The molecule has 3 aromatic carbocycles. The predicted octanol–water partition coefficient (Wildman–Crippen LogP) is 6.12. The number of benzene rings is 3. The van der Waals surface area contributed by atoms with Crippen LogP contribution in [-0.4, -0.2) is 6.17 Å². The molecule has 5 rings (SSSR count). The van der Waals surface area contributed by atoms with Crippen LogP contribution in [0.2, 0.25) is 0 Å². The summed E-state index contributed by atoms with van der Waals surface area (Å²) in [6.45, 7) is 4.51. The Morgan fingerprint density at radius 1 is 0.667 bits per heavy atom. The van der Waals surface area contributed by atoms with Crippen molar-refractivity contribution in [1.29, 1.82) is 0 Å². The van der Waals surface area contributed by atoms with Gasteiger partial charge in [-0.3, -0.25) is 0 Å². The number of hydrogen-bond donors (Lipinski definition) is 0. The Morgan fingerprint density at radius 3 is 2.03 bits per heavy atom. The standard InChI is InChI=1S/C27H26N3/c1-20-23(25-15-9-10-19-28(25)3)14-11-18-24(20)30-21(2)29(22-12-5-4-6-13-22)26-16-7-8-17-27(26)30/h4-19,21H,1-3H3/q+1/t21-/m0/s1. The molecule has 2 heterocycles. The van der Waals surface area contributed by atoms with Crippen molar-refractivity contribution in [2.45, 2.75) is 20.0 Å². The summed E-state index contributed by atoms with van der Waals surface area (Å²) < 4.78 is 2.18. The van der Waals surface area contributed by atoms with Crippen molar-refractivity contribution in [3.63, 3.8) is 0 Å². The molecular weight excluding hydrogens is 366 g/mol. The summed E-state index contributed by atoms with van der Waals surface area (Å²) in [5.41, 5.74) is 8.71. The number of aromatic nitrogens is 1. The number of pyridine rings is 1. The molecule has 0 bridgehead atoms. The van der Waals surface area contributed by atoms with Gasteiger partial charge in [-0.25, -0.2) is 4.57 Å². The first kappa shape index (κ1) is 18.4. The van der Waals surface area contributed by atoms with E-state index >= 15 is 0 Å². The van der Waals surface area contributed by atoms with Crippen molar-refractivity contribution in [2.75, 3.05) is 9.80 Å². The largest absolute Gasteiger partial charge is 0.319 e. The van der Waals surface area contributed by atoms with Crippen LogP contribution in [0.1, 0.15) is 12.5 Å². The molecule has 0 amide bonds. The van der Waals surface area contributed by atoms with Gasteiger partial charge in [-0.15, -0.1) is 0 Å². The molecule has 1 aromatic heterocycles. The molecule has 1 aliphatic heterocycles. The highest BCUT2D eigenvalue weighted by Crippen LogP contribution is 2.48. The van der Waals surface area contributed by atoms with E-state index in [4.69, 9.17) is 0 Å². The highest BCUT2D eigenvalue weighted by Gasteiger charge is 2.35. The summed E-state index contributed by atoms with van der Waals surface area (Å²) in [5, 5.41) is 0. The van der Waals surface area contributed by atoms with Gasteiger partial charge in [0, 0.05) is 23.5 Å². The smallest absolute Gasteiger partial charge is 0.212 e. The minimum absolute atomic E-state index is 0.170. The van der Waals surface area contributed by atoms with E-state index in [-0.39, 0.29) is 6.17 Å². The predicted molar refractivity (Wildman–Crippen MR) is 124 cm³/mol. The van der Waals surface area contributed by atoms with Crippen LogP contribution in [0.15, 0.2) is 97.2 Å². The zero-order valence-corrected chi connectivity index (χ0v) is 17.7. The molecule has 148 valence electrons. The fraction of sp³-hybridized carbons (Fsp3) is 0.148. The third kappa shape index (κ3) is 2.86. The Balaban J connectivity index is 1.67. The van der Waals surface area contributed by atoms with Crippen molar-refractivity contribution in [1.82, 2.24) is 0 Å². The molecule has 1 aliphatic rings. The monoisotopic (exact) mass is 392 g/mol. The second-order valence-electron chi connectivity index (χ2n) is 7.84. The number of aryl methyl sites for hydroxylation is 1. The van der Waals surface area contributed by atoms with E-state index in [1.807, 2.05) is 0 Å². The van der Waals surface area contributed by atoms with Crippen LogP contribution >= 0.6 is 0 Å². The summed E-state index contributed by atoms with van der Waals surface area (Å²) >= 11 is 0. The topological polar surface area (TPSA) is 10.4 Å². The number of para-hydroxylation sites is 3. The van der Waals surface area contributed by atoms with Crippen molar-refractivity contribution in [2.24, 2.45) is 7.05 Å². The van der Waals surface area contributed by atoms with Crippen LogP contribution in [0.3, 0.4) is 0 Å². The molecular formula is C27H26N3+. The van der Waals surface area contributed by atoms with Gasteiger partial charge in [0.15, 0.2) is 6.20 Å². The van der Waals surface area contributed by atoms with E-state index in [0.717, 1.165) is 0 Å². The lowest BCUT2D eigenvalue weighted by atomic mass is 10.0. The minimum atomic E-state index is 0.170. The van der Waals surface area contributed by atoms with Crippen molar-refractivity contribution < 1.29 is 4.57 Å². The third-order valence-corrected chi connectivity index (χ3v) is 6.08. The van der Waals surface area contributed by atoms with Crippen LogP contribution in [-0.2, 0) is 7.05 Å². The van der Waals surface area contributed by atoms with Crippen molar-refractivity contribution >= 4 is 22.7 Å². The lowest BCUT2D eigenvalue weighted by Gasteiger charge is -2.31. The van der Waals surface area contributed by atoms with Crippen LogP contribution in [0.25, 0.3) is 11.3 Å². The van der Waals surface area contributed by atoms with E-state index in [1.54, 1.807) is 0 Å². The Bertz CT molecular complexity index is 1200. The molecule has 0 fully saturated rings. The van der Waals surface area contributed by atoms with Gasteiger partial charge < -0.3 is 9.80 Å². The first-order valence-corrected chi connectivity index (χ1v) is 10.4. The van der Waals surface area contributed by atoms with Crippen molar-refractivity contribution in [3.05, 3.63) is 103 Å². The maximum absolute atomic E-state index is 2.46. The van der Waals surface area contributed by atoms with E-state index in [0.29, 0.717) is 0 Å². The zero-order chi connectivity index (χ0) is 20.7. The van der Waals surface area contributed by atoms with Crippen LogP contribution in [0, 0.1) is 6.92 Å². The van der Waals surface area contributed by atoms with E-state index in [9.17, 15) is 0 Å². The highest BCUT2D eigenvalue weighted by atomic mass is 15.4. The molecule has 4 aromatic rings. The summed E-state index contributed by atoms with van der Waals surface area (Å²) in [5.74, 6) is 0. The number of rotatable bonds is 3. The highest BCUT2D eigenvalue weighted by molar-refractivity contribution is 5.89. The van der Waals surface area contributed by atoms with Crippen LogP contribution in [0.5, 0.6) is 0 Å². The van der Waals surface area contributed by atoms with Gasteiger partial charge in [-0.05, 0) is 61.9 Å². The summed E-state index contributed by atoms with van der Waals surface area (Å²) in [6, 6.07) is 32.3. The zero-order valence-electron chi connectivity index (χ0n) is 17.7. The average Bonchev–Trinajstić information content (AvgIpc) is 3.07. The molecule has 0 unspecified atom stereocenters. The summed E-state index contributed by atoms with van der Waals surface area (Å²) in [4.78, 5) is 4.88. The quantitative estimate of drug-likeness (QED) is 0.389. The minimum Gasteiger partial charge on any atom is -0.319 e. The molecule has 0 saturated carbocycles. The normalized spacial score (nSPS) is 15.4. The van der Waals surface area contributed by atoms with Gasteiger partial charge in [0.05, 0.1) is 16.9 Å². The molecule has 0 spiro atoms. The van der Waals surface area contributed by atoms with Gasteiger partial charge in [0.2, 0.25) is 5.69 Å². The van der Waals surface area contributed by atoms with Gasteiger partial charge in [-0.1, -0.05) is 36.4 Å². The lowest BCUT2D eigenvalue weighted by Crippen LogP contribution is -2.36. The first-order chi connectivity index (χ1) is 14.7. The Hall–Kier alpha value is -3.59. The summed E-state index contributed by atoms with van der Waals surface area (Å²) in [6.07, 6.45) is 2.27. The van der Waals surface area contributed by atoms with Gasteiger partial charge in [0.25, 0.3) is 0 Å². The number of nitrogens with zero attached hydrogens (tertiary/aromatic N) is 3.